The van der Waals surface area contributed by atoms with Crippen molar-refractivity contribution >= 4 is 33.3 Å². The number of carbonyl (C=O) groups excluding carboxylic acids is 2. The zero-order valence-corrected chi connectivity index (χ0v) is 12.7. The van der Waals surface area contributed by atoms with Crippen molar-refractivity contribution in [1.29, 1.82) is 0 Å². The minimum atomic E-state index is -3.00. The van der Waals surface area contributed by atoms with E-state index in [9.17, 15) is 18.0 Å². The van der Waals surface area contributed by atoms with E-state index in [1.54, 1.807) is 12.1 Å². The number of hydrogen-bond donors (Lipinski definition) is 2. The van der Waals surface area contributed by atoms with Crippen molar-refractivity contribution < 1.29 is 18.0 Å². The fourth-order valence-corrected chi connectivity index (χ4v) is 4.13. The van der Waals surface area contributed by atoms with Gasteiger partial charge in [0, 0.05) is 17.0 Å². The van der Waals surface area contributed by atoms with Crippen LogP contribution >= 0.6 is 11.6 Å². The van der Waals surface area contributed by atoms with E-state index < -0.39 is 21.7 Å². The van der Waals surface area contributed by atoms with E-state index >= 15 is 0 Å². The van der Waals surface area contributed by atoms with Gasteiger partial charge in [0.2, 0.25) is 5.91 Å². The van der Waals surface area contributed by atoms with Gasteiger partial charge in [-0.15, -0.1) is 0 Å². The summed E-state index contributed by atoms with van der Waals surface area (Å²) in [6.07, 6.45) is 0.570. The van der Waals surface area contributed by atoms with E-state index in [4.69, 9.17) is 11.6 Å². The zero-order valence-electron chi connectivity index (χ0n) is 11.1. The Morgan fingerprint density at radius 1 is 1.19 bits per heavy atom. The maximum absolute atomic E-state index is 11.7. The van der Waals surface area contributed by atoms with Crippen LogP contribution in [0.3, 0.4) is 0 Å². The molecule has 1 saturated heterocycles. The molecule has 114 valence electrons. The summed E-state index contributed by atoms with van der Waals surface area (Å²) in [6.45, 7) is 0. The molecule has 1 aliphatic heterocycles. The standard InChI is InChI=1S/C13H15ClN2O4S/c14-11-3-1-10(2-4-11)13(18)16-15-12(17)7-9-5-6-21(19,20)8-9/h1-4,9H,5-8H2,(H,15,17)(H,16,18)/t9-/m0/s1. The summed E-state index contributed by atoms with van der Waals surface area (Å²) in [5.41, 5.74) is 4.93. The summed E-state index contributed by atoms with van der Waals surface area (Å²) in [5.74, 6) is -0.880. The zero-order chi connectivity index (χ0) is 15.5. The number of carbonyl (C=O) groups is 2. The van der Waals surface area contributed by atoms with Crippen molar-refractivity contribution in [2.75, 3.05) is 11.5 Å². The molecular weight excluding hydrogens is 316 g/mol. The van der Waals surface area contributed by atoms with Gasteiger partial charge in [-0.05, 0) is 36.6 Å². The van der Waals surface area contributed by atoms with E-state index in [-0.39, 0.29) is 23.8 Å². The Hall–Kier alpha value is -1.60. The van der Waals surface area contributed by atoms with Crippen molar-refractivity contribution in [3.63, 3.8) is 0 Å². The lowest BCUT2D eigenvalue weighted by Gasteiger charge is -2.10. The first-order valence-corrected chi connectivity index (χ1v) is 8.61. The van der Waals surface area contributed by atoms with Crippen molar-refractivity contribution in [3.8, 4) is 0 Å². The van der Waals surface area contributed by atoms with Gasteiger partial charge >= 0.3 is 0 Å². The molecule has 1 aromatic carbocycles. The molecule has 8 heteroatoms. The Kier molecular flexibility index (Phi) is 4.84. The molecule has 1 aromatic rings. The van der Waals surface area contributed by atoms with E-state index in [1.165, 1.54) is 12.1 Å². The van der Waals surface area contributed by atoms with Gasteiger partial charge in [-0.1, -0.05) is 11.6 Å². The molecule has 1 fully saturated rings. The monoisotopic (exact) mass is 330 g/mol. The largest absolute Gasteiger partial charge is 0.273 e. The SMILES string of the molecule is O=C(C[C@@H]1CCS(=O)(=O)C1)NNC(=O)c1ccc(Cl)cc1. The first-order valence-electron chi connectivity index (χ1n) is 6.41. The molecule has 0 bridgehead atoms. The lowest BCUT2D eigenvalue weighted by Crippen LogP contribution is -2.42. The summed E-state index contributed by atoms with van der Waals surface area (Å²) >= 11 is 5.71. The molecule has 0 unspecified atom stereocenters. The predicted molar refractivity (Wildman–Crippen MR) is 78.4 cm³/mol. The first kappa shape index (κ1) is 15.8. The fraction of sp³-hybridized carbons (Fsp3) is 0.385. The predicted octanol–water partition coefficient (Wildman–Crippen LogP) is 0.926. The lowest BCUT2D eigenvalue weighted by atomic mass is 10.1. The van der Waals surface area contributed by atoms with Gasteiger partial charge < -0.3 is 0 Å². The molecule has 1 aliphatic rings. The minimum absolute atomic E-state index is 0.0333. The van der Waals surface area contributed by atoms with Crippen molar-refractivity contribution in [2.45, 2.75) is 12.8 Å². The van der Waals surface area contributed by atoms with E-state index in [2.05, 4.69) is 10.9 Å². The van der Waals surface area contributed by atoms with Crippen LogP contribution in [-0.4, -0.2) is 31.7 Å². The van der Waals surface area contributed by atoms with Gasteiger partial charge in [-0.25, -0.2) is 8.42 Å². The number of benzene rings is 1. The third-order valence-corrected chi connectivity index (χ3v) is 5.31. The van der Waals surface area contributed by atoms with Crippen LogP contribution in [0.15, 0.2) is 24.3 Å². The molecule has 2 amide bonds. The van der Waals surface area contributed by atoms with E-state index in [0.29, 0.717) is 17.0 Å². The second kappa shape index (κ2) is 6.44. The number of sulfone groups is 1. The van der Waals surface area contributed by atoms with E-state index in [1.807, 2.05) is 0 Å². The average Bonchev–Trinajstić information content (AvgIpc) is 2.76. The molecule has 0 saturated carbocycles. The smallest absolute Gasteiger partial charge is 0.269 e. The number of hydrazine groups is 1. The molecule has 21 heavy (non-hydrogen) atoms. The molecule has 0 spiro atoms. The van der Waals surface area contributed by atoms with Crippen LogP contribution in [0, 0.1) is 5.92 Å². The second-order valence-electron chi connectivity index (χ2n) is 4.98. The molecular formula is C13H15ClN2O4S. The maximum Gasteiger partial charge on any atom is 0.269 e. The number of halogens is 1. The second-order valence-corrected chi connectivity index (χ2v) is 7.65. The Morgan fingerprint density at radius 3 is 2.43 bits per heavy atom. The molecule has 1 heterocycles. The van der Waals surface area contributed by atoms with E-state index in [0.717, 1.165) is 0 Å². The maximum atomic E-state index is 11.7. The van der Waals surface area contributed by atoms with Crippen LogP contribution in [0.2, 0.25) is 5.02 Å². The summed E-state index contributed by atoms with van der Waals surface area (Å²) in [4.78, 5) is 23.4. The molecule has 0 radical (unpaired) electrons. The number of amides is 2. The first-order chi connectivity index (χ1) is 9.85. The van der Waals surface area contributed by atoms with Gasteiger partial charge in [0.15, 0.2) is 9.84 Å². The highest BCUT2D eigenvalue weighted by Gasteiger charge is 2.29. The lowest BCUT2D eigenvalue weighted by molar-refractivity contribution is -0.122. The van der Waals surface area contributed by atoms with Gasteiger partial charge in [-0.2, -0.15) is 0 Å². The highest BCUT2D eigenvalue weighted by Crippen LogP contribution is 2.21. The average molecular weight is 331 g/mol. The third kappa shape index (κ3) is 4.71. The fourth-order valence-electron chi connectivity index (χ4n) is 2.15. The topological polar surface area (TPSA) is 92.3 Å². The van der Waals surface area contributed by atoms with Gasteiger partial charge in [-0.3, -0.25) is 20.4 Å². The minimum Gasteiger partial charge on any atom is -0.273 e. The number of nitrogens with one attached hydrogen (secondary N) is 2. The quantitative estimate of drug-likeness (QED) is 0.806. The molecule has 6 nitrogen and oxygen atoms in total. The summed E-state index contributed by atoms with van der Waals surface area (Å²) in [5, 5.41) is 0.512. The van der Waals surface area contributed by atoms with Crippen LogP contribution in [0.25, 0.3) is 0 Å². The highest BCUT2D eigenvalue weighted by atomic mass is 35.5. The van der Waals surface area contributed by atoms with Crippen LogP contribution in [-0.2, 0) is 14.6 Å². The Morgan fingerprint density at radius 2 is 1.86 bits per heavy atom. The highest BCUT2D eigenvalue weighted by molar-refractivity contribution is 7.91. The van der Waals surface area contributed by atoms with Crippen molar-refractivity contribution in [3.05, 3.63) is 34.9 Å². The summed E-state index contributed by atoms with van der Waals surface area (Å²) < 4.78 is 22.6. The Labute approximate surface area is 127 Å². The van der Waals surface area contributed by atoms with Crippen LogP contribution in [0.5, 0.6) is 0 Å². The number of rotatable bonds is 3. The molecule has 0 aromatic heterocycles. The van der Waals surface area contributed by atoms with Gasteiger partial charge in [0.25, 0.3) is 5.91 Å². The van der Waals surface area contributed by atoms with Crippen molar-refractivity contribution in [2.24, 2.45) is 5.92 Å². The van der Waals surface area contributed by atoms with Crippen LogP contribution < -0.4 is 10.9 Å². The Bertz CT molecular complexity index is 643. The number of hydrogen-bond acceptors (Lipinski definition) is 4. The van der Waals surface area contributed by atoms with Gasteiger partial charge in [0.05, 0.1) is 11.5 Å². The normalized spacial score (nSPS) is 20.0. The third-order valence-electron chi connectivity index (χ3n) is 3.22. The summed E-state index contributed by atoms with van der Waals surface area (Å²) in [6, 6.07) is 6.21. The van der Waals surface area contributed by atoms with Crippen molar-refractivity contribution in [1.82, 2.24) is 10.9 Å². The summed E-state index contributed by atoms with van der Waals surface area (Å²) in [7, 11) is -3.00. The molecule has 2 N–H and O–H groups in total. The molecule has 1 atom stereocenters. The van der Waals surface area contributed by atoms with Crippen LogP contribution in [0.4, 0.5) is 0 Å². The van der Waals surface area contributed by atoms with Gasteiger partial charge in [0.1, 0.15) is 0 Å². The molecule has 2 rings (SSSR count). The molecule has 0 aliphatic carbocycles. The van der Waals surface area contributed by atoms with Crippen LogP contribution in [0.1, 0.15) is 23.2 Å². The Balaban J connectivity index is 1.79.